The van der Waals surface area contributed by atoms with Gasteiger partial charge in [-0.2, -0.15) is 0 Å². The Morgan fingerprint density at radius 3 is 3.07 bits per heavy atom. The van der Waals surface area contributed by atoms with Crippen molar-refractivity contribution < 1.29 is 4.79 Å². The molecule has 0 radical (unpaired) electrons. The Kier molecular flexibility index (Phi) is 3.85. The zero-order chi connectivity index (χ0) is 10.6. The standard InChI is InChI=1S/C9H12ClN3O/c1-6(4-11)13-9(14)7-2-3-12-5-8(7)10/h2-3,5-6H,4,11H2,1H3,(H,13,14). The van der Waals surface area contributed by atoms with Gasteiger partial charge in [-0.15, -0.1) is 0 Å². The molecule has 0 fully saturated rings. The second kappa shape index (κ2) is 4.93. The van der Waals surface area contributed by atoms with Crippen LogP contribution >= 0.6 is 11.6 Å². The van der Waals surface area contributed by atoms with Gasteiger partial charge in [0.15, 0.2) is 0 Å². The van der Waals surface area contributed by atoms with Crippen LogP contribution in [0.2, 0.25) is 5.02 Å². The molecule has 3 N–H and O–H groups in total. The molecule has 0 aliphatic heterocycles. The minimum atomic E-state index is -0.227. The molecule has 1 atom stereocenters. The van der Waals surface area contributed by atoms with Crippen molar-refractivity contribution in [3.8, 4) is 0 Å². The van der Waals surface area contributed by atoms with Crippen molar-refractivity contribution >= 4 is 17.5 Å². The molecule has 5 heteroatoms. The maximum absolute atomic E-state index is 11.6. The molecule has 1 unspecified atom stereocenters. The highest BCUT2D eigenvalue weighted by atomic mass is 35.5. The smallest absolute Gasteiger partial charge is 0.253 e. The number of carbonyl (C=O) groups is 1. The number of nitrogens with two attached hydrogens (primary N) is 1. The lowest BCUT2D eigenvalue weighted by Gasteiger charge is -2.11. The average Bonchev–Trinajstić information content (AvgIpc) is 2.18. The van der Waals surface area contributed by atoms with E-state index in [0.29, 0.717) is 17.1 Å². The maximum atomic E-state index is 11.6. The second-order valence-electron chi connectivity index (χ2n) is 2.97. The van der Waals surface area contributed by atoms with Gasteiger partial charge in [-0.1, -0.05) is 11.6 Å². The lowest BCUT2D eigenvalue weighted by Crippen LogP contribution is -2.37. The summed E-state index contributed by atoms with van der Waals surface area (Å²) >= 11 is 5.79. The summed E-state index contributed by atoms with van der Waals surface area (Å²) < 4.78 is 0. The van der Waals surface area contributed by atoms with Gasteiger partial charge in [0.05, 0.1) is 10.6 Å². The van der Waals surface area contributed by atoms with E-state index in [4.69, 9.17) is 17.3 Å². The first-order valence-electron chi connectivity index (χ1n) is 4.25. The Labute approximate surface area is 87.5 Å². The molecule has 0 saturated carbocycles. The van der Waals surface area contributed by atoms with E-state index in [2.05, 4.69) is 10.3 Å². The highest BCUT2D eigenvalue weighted by Crippen LogP contribution is 2.12. The molecule has 76 valence electrons. The third-order valence-electron chi connectivity index (χ3n) is 1.75. The molecule has 0 aromatic carbocycles. The molecule has 0 spiro atoms. The summed E-state index contributed by atoms with van der Waals surface area (Å²) in [6, 6.07) is 1.51. The fourth-order valence-corrected chi connectivity index (χ4v) is 1.12. The van der Waals surface area contributed by atoms with Crippen LogP contribution in [0.5, 0.6) is 0 Å². The van der Waals surface area contributed by atoms with E-state index >= 15 is 0 Å². The van der Waals surface area contributed by atoms with E-state index in [9.17, 15) is 4.79 Å². The largest absolute Gasteiger partial charge is 0.348 e. The van der Waals surface area contributed by atoms with Crippen LogP contribution in [0.25, 0.3) is 0 Å². The summed E-state index contributed by atoms with van der Waals surface area (Å²) in [4.78, 5) is 15.3. The van der Waals surface area contributed by atoms with Crippen molar-refractivity contribution in [2.75, 3.05) is 6.54 Å². The van der Waals surface area contributed by atoms with Crippen molar-refractivity contribution in [2.45, 2.75) is 13.0 Å². The molecule has 1 rings (SSSR count). The molecule has 14 heavy (non-hydrogen) atoms. The van der Waals surface area contributed by atoms with Gasteiger partial charge < -0.3 is 11.1 Å². The molecule has 1 amide bonds. The van der Waals surface area contributed by atoms with E-state index < -0.39 is 0 Å². The van der Waals surface area contributed by atoms with E-state index in [1.807, 2.05) is 6.92 Å². The molecule has 1 heterocycles. The SMILES string of the molecule is CC(CN)NC(=O)c1ccncc1Cl. The second-order valence-corrected chi connectivity index (χ2v) is 3.37. The summed E-state index contributed by atoms with van der Waals surface area (Å²) in [5.74, 6) is -0.227. The fraction of sp³-hybridized carbons (Fsp3) is 0.333. The Balaban J connectivity index is 2.75. The van der Waals surface area contributed by atoms with Gasteiger partial charge in [0.1, 0.15) is 0 Å². The van der Waals surface area contributed by atoms with E-state index in [0.717, 1.165) is 0 Å². The van der Waals surface area contributed by atoms with Gasteiger partial charge in [0, 0.05) is 25.0 Å². The van der Waals surface area contributed by atoms with Gasteiger partial charge in [0.2, 0.25) is 0 Å². The first-order chi connectivity index (χ1) is 6.65. The molecular weight excluding hydrogens is 202 g/mol. The number of amides is 1. The molecule has 1 aromatic heterocycles. The normalized spacial score (nSPS) is 12.2. The molecule has 0 bridgehead atoms. The van der Waals surface area contributed by atoms with Crippen LogP contribution in [0, 0.1) is 0 Å². The third-order valence-corrected chi connectivity index (χ3v) is 2.05. The van der Waals surface area contributed by atoms with Gasteiger partial charge in [-0.05, 0) is 13.0 Å². The number of rotatable bonds is 3. The Hall–Kier alpha value is -1.13. The third kappa shape index (κ3) is 2.68. The van der Waals surface area contributed by atoms with Crippen molar-refractivity contribution in [1.82, 2.24) is 10.3 Å². The lowest BCUT2D eigenvalue weighted by atomic mass is 10.2. The Bertz CT molecular complexity index is 330. The minimum absolute atomic E-state index is 0.0632. The zero-order valence-electron chi connectivity index (χ0n) is 7.83. The van der Waals surface area contributed by atoms with Gasteiger partial charge in [0.25, 0.3) is 5.91 Å². The molecule has 0 saturated heterocycles. The first-order valence-corrected chi connectivity index (χ1v) is 4.63. The van der Waals surface area contributed by atoms with E-state index in [-0.39, 0.29) is 11.9 Å². The molecular formula is C9H12ClN3O. The van der Waals surface area contributed by atoms with Gasteiger partial charge in [-0.3, -0.25) is 9.78 Å². The van der Waals surface area contributed by atoms with Crippen molar-refractivity contribution in [3.05, 3.63) is 29.0 Å². The summed E-state index contributed by atoms with van der Waals surface area (Å²) in [6.07, 6.45) is 2.96. The van der Waals surface area contributed by atoms with Crippen LogP contribution in [0.3, 0.4) is 0 Å². The van der Waals surface area contributed by atoms with Gasteiger partial charge >= 0.3 is 0 Å². The lowest BCUT2D eigenvalue weighted by molar-refractivity contribution is 0.0941. The van der Waals surface area contributed by atoms with Gasteiger partial charge in [-0.25, -0.2) is 0 Å². The number of pyridine rings is 1. The maximum Gasteiger partial charge on any atom is 0.253 e. The minimum Gasteiger partial charge on any atom is -0.348 e. The molecule has 0 aliphatic carbocycles. The summed E-state index contributed by atoms with van der Waals surface area (Å²) in [5, 5.41) is 3.05. The fourth-order valence-electron chi connectivity index (χ4n) is 0.920. The zero-order valence-corrected chi connectivity index (χ0v) is 8.58. The Morgan fingerprint density at radius 1 is 1.79 bits per heavy atom. The molecule has 0 aliphatic rings. The van der Waals surface area contributed by atoms with Crippen LogP contribution in [-0.4, -0.2) is 23.5 Å². The van der Waals surface area contributed by atoms with Crippen molar-refractivity contribution in [2.24, 2.45) is 5.73 Å². The number of nitrogens with one attached hydrogen (secondary N) is 1. The molecule has 1 aromatic rings. The van der Waals surface area contributed by atoms with Crippen molar-refractivity contribution in [3.63, 3.8) is 0 Å². The predicted octanol–water partition coefficient (Wildman–Crippen LogP) is 0.812. The van der Waals surface area contributed by atoms with Crippen LogP contribution in [0.4, 0.5) is 0 Å². The topological polar surface area (TPSA) is 68.0 Å². The highest BCUT2D eigenvalue weighted by molar-refractivity contribution is 6.33. The Morgan fingerprint density at radius 2 is 2.50 bits per heavy atom. The number of hydrogen-bond donors (Lipinski definition) is 2. The monoisotopic (exact) mass is 213 g/mol. The number of aromatic nitrogens is 1. The number of halogens is 1. The highest BCUT2D eigenvalue weighted by Gasteiger charge is 2.11. The quantitative estimate of drug-likeness (QED) is 0.781. The first kappa shape index (κ1) is 10.9. The van der Waals surface area contributed by atoms with Crippen molar-refractivity contribution in [1.29, 1.82) is 0 Å². The summed E-state index contributed by atoms with van der Waals surface area (Å²) in [6.45, 7) is 2.22. The predicted molar refractivity (Wildman–Crippen MR) is 55.2 cm³/mol. The average molecular weight is 214 g/mol. The van der Waals surface area contributed by atoms with E-state index in [1.165, 1.54) is 12.4 Å². The summed E-state index contributed by atoms with van der Waals surface area (Å²) in [5.41, 5.74) is 5.79. The van der Waals surface area contributed by atoms with E-state index in [1.54, 1.807) is 6.07 Å². The van der Waals surface area contributed by atoms with Crippen LogP contribution in [0.15, 0.2) is 18.5 Å². The number of nitrogens with zero attached hydrogens (tertiary/aromatic N) is 1. The number of hydrogen-bond acceptors (Lipinski definition) is 3. The summed E-state index contributed by atoms with van der Waals surface area (Å²) in [7, 11) is 0. The van der Waals surface area contributed by atoms with Crippen LogP contribution < -0.4 is 11.1 Å². The molecule has 4 nitrogen and oxygen atoms in total. The number of carbonyl (C=O) groups excluding carboxylic acids is 1. The van der Waals surface area contributed by atoms with Crippen LogP contribution in [-0.2, 0) is 0 Å². The van der Waals surface area contributed by atoms with Crippen LogP contribution in [0.1, 0.15) is 17.3 Å².